The summed E-state index contributed by atoms with van der Waals surface area (Å²) in [5.41, 5.74) is 0.962. The van der Waals surface area contributed by atoms with Crippen molar-refractivity contribution in [2.24, 2.45) is 44.8 Å². The van der Waals surface area contributed by atoms with Gasteiger partial charge in [0.1, 0.15) is 0 Å². The Morgan fingerprint density at radius 3 is 2.29 bits per heavy atom. The molecule has 4 saturated carbocycles. The normalized spacial score (nSPS) is 58.3. The van der Waals surface area contributed by atoms with Crippen LogP contribution in [0.3, 0.4) is 0 Å². The van der Waals surface area contributed by atoms with E-state index in [9.17, 15) is 10.2 Å². The molecule has 0 aromatic carbocycles. The quantitative estimate of drug-likeness (QED) is 0.596. The molecule has 0 aromatic heterocycles. The summed E-state index contributed by atoms with van der Waals surface area (Å²) in [6, 6.07) is 0.767. The molecule has 2 spiro atoms. The topological polar surface area (TPSA) is 55.7 Å². The monoisotopic (exact) mass is 430 g/mol. The maximum Gasteiger partial charge on any atom is 0.0594 e. The predicted octanol–water partition coefficient (Wildman–Crippen LogP) is 3.68. The molecule has 4 fully saturated rings. The molecule has 0 aliphatic heterocycles. The number of aliphatic hydroxyl groups excluding tert-OH is 2. The van der Waals surface area contributed by atoms with Crippen molar-refractivity contribution in [2.75, 3.05) is 27.7 Å². The van der Waals surface area contributed by atoms with Crippen LogP contribution in [0.15, 0.2) is 12.2 Å². The smallest absolute Gasteiger partial charge is 0.0594 e. The fourth-order valence-corrected chi connectivity index (χ4v) is 10.7. The second-order valence-corrected chi connectivity index (χ2v) is 13.2. The molecule has 11 unspecified atom stereocenters. The minimum Gasteiger partial charge on any atom is -0.396 e. The molecule has 0 radical (unpaired) electrons. The summed E-state index contributed by atoms with van der Waals surface area (Å²) in [6.07, 6.45) is 12.2. The Balaban J connectivity index is 1.57. The molecule has 11 atom stereocenters. The molecule has 5 rings (SSSR count). The molecule has 31 heavy (non-hydrogen) atoms. The zero-order chi connectivity index (χ0) is 22.6. The molecule has 0 amide bonds. The molecular formula is C27H46N2O2. The van der Waals surface area contributed by atoms with Crippen LogP contribution >= 0.6 is 0 Å². The van der Waals surface area contributed by atoms with E-state index >= 15 is 0 Å². The number of aliphatic hydroxyl groups is 2. The molecule has 5 aliphatic carbocycles. The van der Waals surface area contributed by atoms with Gasteiger partial charge in [0.2, 0.25) is 0 Å². The zero-order valence-electron chi connectivity index (χ0n) is 20.9. The van der Waals surface area contributed by atoms with Gasteiger partial charge in [-0.15, -0.1) is 0 Å². The van der Waals surface area contributed by atoms with E-state index in [0.717, 1.165) is 6.42 Å². The van der Waals surface area contributed by atoms with Gasteiger partial charge in [-0.25, -0.2) is 0 Å². The van der Waals surface area contributed by atoms with E-state index < -0.39 is 0 Å². The van der Waals surface area contributed by atoms with E-state index in [1.165, 1.54) is 32.1 Å². The highest BCUT2D eigenvalue weighted by molar-refractivity contribution is 5.37. The molecule has 0 bridgehead atoms. The van der Waals surface area contributed by atoms with Crippen molar-refractivity contribution >= 4 is 0 Å². The van der Waals surface area contributed by atoms with Crippen molar-refractivity contribution in [2.45, 2.75) is 84.4 Å². The second kappa shape index (κ2) is 6.58. The van der Waals surface area contributed by atoms with Crippen LogP contribution in [0.5, 0.6) is 0 Å². The number of fused-ring (bicyclic) bond motifs is 2. The first kappa shape index (κ1) is 22.4. The van der Waals surface area contributed by atoms with Gasteiger partial charge in [0.05, 0.1) is 12.7 Å². The van der Waals surface area contributed by atoms with Gasteiger partial charge in [-0.05, 0) is 100 Å². The SMILES string of the molecule is CNC(C)C1C(O)CC2(C)C3C=CC4C(C)(CO)C(N(C)C)CCC45CC35CCC12C. The lowest BCUT2D eigenvalue weighted by molar-refractivity contribution is -0.116. The Morgan fingerprint density at radius 1 is 1.03 bits per heavy atom. The van der Waals surface area contributed by atoms with Crippen molar-refractivity contribution in [3.05, 3.63) is 12.2 Å². The summed E-state index contributed by atoms with van der Waals surface area (Å²) in [7, 11) is 6.41. The van der Waals surface area contributed by atoms with E-state index in [1.807, 2.05) is 7.05 Å². The Kier molecular flexibility index (Phi) is 4.75. The highest BCUT2D eigenvalue weighted by atomic mass is 16.3. The van der Waals surface area contributed by atoms with Crippen molar-refractivity contribution in [1.29, 1.82) is 0 Å². The van der Waals surface area contributed by atoms with Gasteiger partial charge in [0.25, 0.3) is 0 Å². The van der Waals surface area contributed by atoms with Crippen LogP contribution in [0, 0.1) is 44.8 Å². The van der Waals surface area contributed by atoms with Crippen LogP contribution in [-0.2, 0) is 0 Å². The Labute approximate surface area is 189 Å². The minimum absolute atomic E-state index is 0.0766. The third-order valence-corrected chi connectivity index (χ3v) is 12.3. The molecule has 5 aliphatic rings. The summed E-state index contributed by atoms with van der Waals surface area (Å²) in [4.78, 5) is 2.36. The average molecular weight is 431 g/mol. The molecule has 3 N–H and O–H groups in total. The maximum absolute atomic E-state index is 11.3. The fourth-order valence-electron chi connectivity index (χ4n) is 10.7. The van der Waals surface area contributed by atoms with Crippen molar-refractivity contribution in [1.82, 2.24) is 10.2 Å². The third-order valence-electron chi connectivity index (χ3n) is 12.3. The molecule has 0 heterocycles. The molecule has 4 heteroatoms. The van der Waals surface area contributed by atoms with E-state index in [-0.39, 0.29) is 29.0 Å². The van der Waals surface area contributed by atoms with Gasteiger partial charge in [-0.1, -0.05) is 32.9 Å². The second-order valence-electron chi connectivity index (χ2n) is 13.2. The first-order chi connectivity index (χ1) is 14.5. The van der Waals surface area contributed by atoms with E-state index in [0.29, 0.717) is 40.7 Å². The Hall–Kier alpha value is -0.420. The Morgan fingerprint density at radius 2 is 1.68 bits per heavy atom. The molecule has 176 valence electrons. The van der Waals surface area contributed by atoms with Crippen molar-refractivity contribution < 1.29 is 10.2 Å². The molecule has 0 saturated heterocycles. The first-order valence-corrected chi connectivity index (χ1v) is 12.8. The van der Waals surface area contributed by atoms with Gasteiger partial charge in [-0.3, -0.25) is 0 Å². The molecule has 0 aromatic rings. The van der Waals surface area contributed by atoms with Gasteiger partial charge < -0.3 is 20.4 Å². The number of hydrogen-bond acceptors (Lipinski definition) is 4. The predicted molar refractivity (Wildman–Crippen MR) is 126 cm³/mol. The van der Waals surface area contributed by atoms with Crippen molar-refractivity contribution in [3.8, 4) is 0 Å². The maximum atomic E-state index is 11.3. The Bertz CT molecular complexity index is 783. The number of hydrogen-bond donors (Lipinski definition) is 3. The number of allylic oxidation sites excluding steroid dienone is 2. The number of nitrogens with one attached hydrogen (secondary N) is 1. The summed E-state index contributed by atoms with van der Waals surface area (Å²) in [5.74, 6) is 1.33. The number of nitrogens with zero attached hydrogens (tertiary/aromatic N) is 1. The van der Waals surface area contributed by atoms with E-state index in [4.69, 9.17) is 0 Å². The average Bonchev–Trinajstić information content (AvgIpc) is 3.32. The van der Waals surface area contributed by atoms with Crippen LogP contribution in [0.4, 0.5) is 0 Å². The highest BCUT2D eigenvalue weighted by Crippen LogP contribution is 2.87. The largest absolute Gasteiger partial charge is 0.396 e. The zero-order valence-corrected chi connectivity index (χ0v) is 20.9. The standard InChI is InChI=1S/C27H46N2O2/c1-17(28-5)22-18(31)14-25(4)20-9-8-19-23(2,16-30)21(29(6)7)10-11-26(19)15-27(20,26)13-12-24(22,25)3/h8-9,17-22,28,30-31H,10-16H2,1-7H3. The van der Waals surface area contributed by atoms with Gasteiger partial charge in [0, 0.05) is 23.4 Å². The van der Waals surface area contributed by atoms with Gasteiger partial charge in [0.15, 0.2) is 0 Å². The van der Waals surface area contributed by atoms with Crippen molar-refractivity contribution in [3.63, 3.8) is 0 Å². The lowest BCUT2D eigenvalue weighted by Gasteiger charge is -2.62. The third kappa shape index (κ3) is 2.36. The summed E-state index contributed by atoms with van der Waals surface area (Å²) in [6.45, 7) is 9.87. The molecule has 4 nitrogen and oxygen atoms in total. The summed E-state index contributed by atoms with van der Waals surface area (Å²) < 4.78 is 0. The highest BCUT2D eigenvalue weighted by Gasteiger charge is 2.82. The minimum atomic E-state index is -0.222. The first-order valence-electron chi connectivity index (χ1n) is 12.8. The van der Waals surface area contributed by atoms with Crippen LogP contribution in [0.2, 0.25) is 0 Å². The summed E-state index contributed by atoms with van der Waals surface area (Å²) >= 11 is 0. The van der Waals surface area contributed by atoms with E-state index in [2.05, 4.69) is 64.2 Å². The van der Waals surface area contributed by atoms with Crippen LogP contribution in [0.25, 0.3) is 0 Å². The van der Waals surface area contributed by atoms with Gasteiger partial charge in [-0.2, -0.15) is 0 Å². The fraction of sp³-hybridized carbons (Fsp3) is 0.926. The van der Waals surface area contributed by atoms with E-state index in [1.54, 1.807) is 0 Å². The summed E-state index contributed by atoms with van der Waals surface area (Å²) in [5, 5.41) is 25.4. The van der Waals surface area contributed by atoms with Crippen LogP contribution in [0.1, 0.15) is 66.2 Å². The lowest BCUT2D eigenvalue weighted by atomic mass is 9.43. The van der Waals surface area contributed by atoms with Crippen LogP contribution < -0.4 is 5.32 Å². The van der Waals surface area contributed by atoms with Gasteiger partial charge >= 0.3 is 0 Å². The molecular weight excluding hydrogens is 384 g/mol. The number of rotatable bonds is 4. The van der Waals surface area contributed by atoms with Crippen LogP contribution in [-0.4, -0.2) is 61.1 Å². The lowest BCUT2D eigenvalue weighted by Crippen LogP contribution is -2.60.